The molecule has 3 rings (SSSR count). The number of hydrogen-bond acceptors (Lipinski definition) is 2. The number of rotatable bonds is 4. The van der Waals surface area contributed by atoms with E-state index < -0.39 is 0 Å². The van der Waals surface area contributed by atoms with Gasteiger partial charge in [0.1, 0.15) is 0 Å². The van der Waals surface area contributed by atoms with Crippen molar-refractivity contribution in [1.29, 1.82) is 0 Å². The van der Waals surface area contributed by atoms with E-state index in [1.54, 1.807) is 0 Å². The molecule has 2 aliphatic carbocycles. The summed E-state index contributed by atoms with van der Waals surface area (Å²) in [6, 6.07) is 7.15. The van der Waals surface area contributed by atoms with Crippen LogP contribution in [0.2, 0.25) is 4.82 Å². The number of nitrogens with zero attached hydrogens (tertiary/aromatic N) is 1. The minimum absolute atomic E-state index is 0. The van der Waals surface area contributed by atoms with E-state index >= 15 is 0 Å². The van der Waals surface area contributed by atoms with Crippen LogP contribution in [-0.2, 0) is 17.1 Å². The van der Waals surface area contributed by atoms with E-state index in [0.29, 0.717) is 25.8 Å². The number of aliphatic hydroxyl groups is 1. The van der Waals surface area contributed by atoms with Crippen molar-refractivity contribution in [2.24, 2.45) is 0 Å². The van der Waals surface area contributed by atoms with E-state index in [4.69, 9.17) is 0 Å². The molecule has 1 aromatic rings. The van der Waals surface area contributed by atoms with E-state index in [-0.39, 0.29) is 23.2 Å². The van der Waals surface area contributed by atoms with Crippen LogP contribution >= 0.6 is 0 Å². The second-order valence-electron chi connectivity index (χ2n) is 6.46. The minimum atomic E-state index is -0.0591. The molecule has 2 aliphatic rings. The Hall–Kier alpha value is -0.0810. The number of aliphatic hydroxyl groups excluding tert-OH is 1. The van der Waals surface area contributed by atoms with Gasteiger partial charge in [0.25, 0.3) is 0 Å². The molecule has 2 radical (unpaired) electrons. The molecule has 134 valence electrons. The molecule has 0 unspecified atom stereocenters. The molecule has 1 aromatic carbocycles. The van der Waals surface area contributed by atoms with Crippen LogP contribution in [0.1, 0.15) is 44.2 Å². The summed E-state index contributed by atoms with van der Waals surface area (Å²) in [5.74, 6) is 0. The van der Waals surface area contributed by atoms with Crippen LogP contribution in [0.3, 0.4) is 0 Å². The van der Waals surface area contributed by atoms with Crippen molar-refractivity contribution in [3.63, 3.8) is 0 Å². The van der Waals surface area contributed by atoms with E-state index in [2.05, 4.69) is 44.1 Å². The fourth-order valence-corrected chi connectivity index (χ4v) is 5.86. The Morgan fingerprint density at radius 3 is 2.58 bits per heavy atom. The molecule has 3 atom stereocenters. The van der Waals surface area contributed by atoms with Gasteiger partial charge in [0.2, 0.25) is 0 Å². The summed E-state index contributed by atoms with van der Waals surface area (Å²) in [4.78, 5) is 2.79. The Balaban J connectivity index is 0.000000412. The summed E-state index contributed by atoms with van der Waals surface area (Å²) < 4.78 is 1.50. The third kappa shape index (κ3) is 6.67. The van der Waals surface area contributed by atoms with Gasteiger partial charge in [-0.2, -0.15) is 0 Å². The van der Waals surface area contributed by atoms with Gasteiger partial charge in [-0.05, 0) is 0 Å². The first-order valence-corrected chi connectivity index (χ1v) is 10.4. The Kier molecular flexibility index (Phi) is 10.5. The molecule has 0 spiro atoms. The second kappa shape index (κ2) is 11.5. The van der Waals surface area contributed by atoms with Crippen LogP contribution < -0.4 is 4.46 Å². The van der Waals surface area contributed by atoms with E-state index in [1.807, 2.05) is 31.4 Å². The molecule has 1 fully saturated rings. The van der Waals surface area contributed by atoms with Crippen molar-refractivity contribution >= 4 is 19.4 Å². The zero-order valence-corrected chi connectivity index (χ0v) is 17.7. The standard InChI is InChI=1S/C15H24NOSe.C5H5.Fe/c1-11(16(2)3)12-7-6-10-14(12)18-15-9-5-4-8-13(15)17;1-2-4-5-3-1;/h6-7,10-11,13,15,17H,4-5,8-9H2,1-3H3;1-5H;/q2*-1;+2/t11-,13-,15-;;/m0../s1. The van der Waals surface area contributed by atoms with Gasteiger partial charge in [0, 0.05) is 0 Å². The topological polar surface area (TPSA) is 23.5 Å². The van der Waals surface area contributed by atoms with Gasteiger partial charge < -0.3 is 0 Å². The minimum Gasteiger partial charge on any atom is -0.231 e. The summed E-state index contributed by atoms with van der Waals surface area (Å²) in [6.07, 6.45) is 14.7. The zero-order valence-electron chi connectivity index (χ0n) is 14.8. The summed E-state index contributed by atoms with van der Waals surface area (Å²) in [7, 11) is 4.26. The van der Waals surface area contributed by atoms with Gasteiger partial charge in [0.05, 0.1) is 0 Å². The molecular weight excluding hydrogens is 405 g/mol. The molecule has 1 N–H and O–H groups in total. The summed E-state index contributed by atoms with van der Waals surface area (Å²) in [6.45, 7) is 2.26. The first-order chi connectivity index (χ1) is 11.1. The molecular formula is C20H29FeNOSe. The molecule has 0 aliphatic heterocycles. The summed E-state index contributed by atoms with van der Waals surface area (Å²) in [5.41, 5.74) is 1.46. The van der Waals surface area contributed by atoms with Crippen molar-refractivity contribution in [3.8, 4) is 0 Å². The average Bonchev–Trinajstić information content (AvgIpc) is 3.23. The van der Waals surface area contributed by atoms with Crippen LogP contribution in [-0.4, -0.2) is 45.2 Å². The fraction of sp³-hybridized carbons (Fsp3) is 0.500. The van der Waals surface area contributed by atoms with Gasteiger partial charge in [0.15, 0.2) is 0 Å². The molecule has 24 heavy (non-hydrogen) atoms. The van der Waals surface area contributed by atoms with Gasteiger partial charge in [-0.15, -0.1) is 12.8 Å². The second-order valence-corrected chi connectivity index (χ2v) is 9.14. The quantitative estimate of drug-likeness (QED) is 0.581. The van der Waals surface area contributed by atoms with E-state index in [9.17, 15) is 5.11 Å². The molecule has 0 bridgehead atoms. The van der Waals surface area contributed by atoms with Crippen LogP contribution in [0.15, 0.2) is 30.4 Å². The monoisotopic (exact) mass is 435 g/mol. The smallest absolute Gasteiger partial charge is 0.231 e. The molecule has 0 heterocycles. The Morgan fingerprint density at radius 1 is 1.29 bits per heavy atom. The number of allylic oxidation sites excluding steroid dienone is 2. The maximum Gasteiger partial charge on any atom is 2.00 e. The van der Waals surface area contributed by atoms with Crippen LogP contribution in [0.4, 0.5) is 0 Å². The predicted molar refractivity (Wildman–Crippen MR) is 99.8 cm³/mol. The molecule has 1 saturated carbocycles. The summed E-state index contributed by atoms with van der Waals surface area (Å²) in [5, 5.41) is 10.1. The molecule has 0 saturated heterocycles. The molecule has 2 nitrogen and oxygen atoms in total. The van der Waals surface area contributed by atoms with Crippen molar-refractivity contribution < 1.29 is 22.2 Å². The Labute approximate surface area is 165 Å². The van der Waals surface area contributed by atoms with Gasteiger partial charge in [-0.3, -0.25) is 0 Å². The van der Waals surface area contributed by atoms with Gasteiger partial charge in [-0.25, -0.2) is 18.6 Å². The third-order valence-electron chi connectivity index (χ3n) is 4.53. The SMILES string of the molecule is C[C@@H](c1cc[cH-]c1[Se][C@H]1CCCC[C@@H]1O)N(C)C.[CH]1[CH][CH-]C=C1.[Fe+2]. The van der Waals surface area contributed by atoms with Crippen molar-refractivity contribution in [1.82, 2.24) is 4.90 Å². The first-order valence-electron chi connectivity index (χ1n) is 8.53. The largest absolute Gasteiger partial charge is 2.00 e. The van der Waals surface area contributed by atoms with Crippen LogP contribution in [0.5, 0.6) is 0 Å². The van der Waals surface area contributed by atoms with E-state index in [1.165, 1.54) is 29.3 Å². The Bertz CT molecular complexity index is 480. The molecule has 4 heteroatoms. The molecule has 0 aromatic heterocycles. The van der Waals surface area contributed by atoms with Gasteiger partial charge in [-0.1, -0.05) is 0 Å². The van der Waals surface area contributed by atoms with Crippen molar-refractivity contribution in [3.05, 3.63) is 55.2 Å². The Morgan fingerprint density at radius 2 is 2.04 bits per heavy atom. The molecule has 0 amide bonds. The number of hydrogen-bond donors (Lipinski definition) is 1. The van der Waals surface area contributed by atoms with Crippen molar-refractivity contribution in [2.75, 3.05) is 14.1 Å². The van der Waals surface area contributed by atoms with Gasteiger partial charge >= 0.3 is 134 Å². The first kappa shape index (κ1) is 22.0. The fourth-order valence-electron chi connectivity index (χ4n) is 2.85. The normalized spacial score (nSPS) is 23.9. The maximum atomic E-state index is 10.1. The van der Waals surface area contributed by atoms with E-state index in [0.717, 1.165) is 6.42 Å². The third-order valence-corrected chi connectivity index (χ3v) is 7.64. The van der Waals surface area contributed by atoms with Crippen molar-refractivity contribution in [2.45, 2.75) is 49.6 Å². The zero-order chi connectivity index (χ0) is 16.7. The van der Waals surface area contributed by atoms with Crippen LogP contribution in [0, 0.1) is 19.3 Å². The predicted octanol–water partition coefficient (Wildman–Crippen LogP) is 3.25. The average molecular weight is 434 g/mol. The van der Waals surface area contributed by atoms with Crippen LogP contribution in [0.25, 0.3) is 0 Å². The maximum absolute atomic E-state index is 10.1. The summed E-state index contributed by atoms with van der Waals surface area (Å²) >= 11 is 0.420.